The lowest BCUT2D eigenvalue weighted by Gasteiger charge is -2.24. The molecule has 0 spiro atoms. The normalized spacial score (nSPS) is 11.2. The molecule has 0 bridgehead atoms. The molecular formula is C31H29ClN4O5S. The van der Waals surface area contributed by atoms with Gasteiger partial charge in [0.2, 0.25) is 0 Å². The SMILES string of the molecule is Cc1ccc(N(CC(=O)N/N=C\c2ccc(OCC(=O)Nc3ccccc3Cl)cc2)S(=O)(=O)c2ccccc2)cc1C. The number of sulfonamides is 1. The summed E-state index contributed by atoms with van der Waals surface area (Å²) in [6.07, 6.45) is 1.41. The van der Waals surface area contributed by atoms with Gasteiger partial charge in [0.25, 0.3) is 21.8 Å². The number of nitrogens with zero attached hydrogens (tertiary/aromatic N) is 2. The van der Waals surface area contributed by atoms with Gasteiger partial charge in [-0.05, 0) is 91.2 Å². The summed E-state index contributed by atoms with van der Waals surface area (Å²) >= 11 is 6.05. The molecule has 0 saturated heterocycles. The average Bonchev–Trinajstić information content (AvgIpc) is 2.98. The number of halogens is 1. The van der Waals surface area contributed by atoms with Gasteiger partial charge >= 0.3 is 0 Å². The molecule has 2 N–H and O–H groups in total. The van der Waals surface area contributed by atoms with E-state index in [0.717, 1.165) is 15.4 Å². The van der Waals surface area contributed by atoms with Crippen molar-refractivity contribution >= 4 is 51.0 Å². The van der Waals surface area contributed by atoms with Crippen molar-refractivity contribution in [3.8, 4) is 5.75 Å². The highest BCUT2D eigenvalue weighted by Crippen LogP contribution is 2.26. The molecule has 4 rings (SSSR count). The lowest BCUT2D eigenvalue weighted by Crippen LogP contribution is -2.39. The summed E-state index contributed by atoms with van der Waals surface area (Å²) in [5.41, 5.74) is 5.80. The van der Waals surface area contributed by atoms with Crippen molar-refractivity contribution in [1.29, 1.82) is 0 Å². The number of benzene rings is 4. The monoisotopic (exact) mass is 604 g/mol. The average molecular weight is 605 g/mol. The van der Waals surface area contributed by atoms with Crippen molar-refractivity contribution < 1.29 is 22.7 Å². The maximum Gasteiger partial charge on any atom is 0.264 e. The van der Waals surface area contributed by atoms with E-state index in [1.54, 1.807) is 78.9 Å². The van der Waals surface area contributed by atoms with Crippen LogP contribution in [0.2, 0.25) is 5.02 Å². The van der Waals surface area contributed by atoms with Gasteiger partial charge in [-0.2, -0.15) is 5.10 Å². The maximum absolute atomic E-state index is 13.5. The lowest BCUT2D eigenvalue weighted by atomic mass is 10.1. The van der Waals surface area contributed by atoms with Crippen LogP contribution in [0, 0.1) is 13.8 Å². The van der Waals surface area contributed by atoms with Gasteiger partial charge in [0.05, 0.1) is 27.5 Å². The third-order valence-corrected chi connectivity index (χ3v) is 8.32. The number of nitrogens with one attached hydrogen (secondary N) is 2. The quantitative estimate of drug-likeness (QED) is 0.177. The zero-order valence-electron chi connectivity index (χ0n) is 23.0. The van der Waals surface area contributed by atoms with Gasteiger partial charge in [-0.3, -0.25) is 13.9 Å². The Kier molecular flexibility index (Phi) is 9.95. The van der Waals surface area contributed by atoms with Gasteiger partial charge in [0.1, 0.15) is 12.3 Å². The predicted octanol–water partition coefficient (Wildman–Crippen LogP) is 5.32. The molecule has 4 aromatic carbocycles. The molecule has 9 nitrogen and oxygen atoms in total. The summed E-state index contributed by atoms with van der Waals surface area (Å²) in [5.74, 6) is -0.519. The highest BCUT2D eigenvalue weighted by atomic mass is 35.5. The Balaban J connectivity index is 1.36. The molecule has 0 atom stereocenters. The van der Waals surface area contributed by atoms with Crippen molar-refractivity contribution in [2.45, 2.75) is 18.7 Å². The number of aryl methyl sites for hydroxylation is 2. The second kappa shape index (κ2) is 13.8. The number of ether oxygens (including phenoxy) is 1. The van der Waals surface area contributed by atoms with Gasteiger partial charge in [0, 0.05) is 0 Å². The Hall–Kier alpha value is -4.67. The number of para-hydroxylation sites is 1. The molecule has 0 aliphatic carbocycles. The third-order valence-electron chi connectivity index (χ3n) is 6.20. The standard InChI is InChI=1S/C31H29ClN4O5S/c1-22-12-15-25(18-23(22)2)36(42(39,40)27-8-4-3-5-9-27)20-30(37)35-33-19-24-13-16-26(17-14-24)41-21-31(38)34-29-11-7-6-10-28(29)32/h3-19H,20-21H2,1-2H3,(H,34,38)(H,35,37)/b33-19-. The Bertz CT molecular complexity index is 1690. The van der Waals surface area contributed by atoms with Crippen LogP contribution in [0.1, 0.15) is 16.7 Å². The fourth-order valence-electron chi connectivity index (χ4n) is 3.81. The van der Waals surface area contributed by atoms with Crippen LogP contribution in [0.15, 0.2) is 107 Å². The summed E-state index contributed by atoms with van der Waals surface area (Å²) in [6, 6.07) is 26.7. The fraction of sp³-hybridized carbons (Fsp3) is 0.129. The molecule has 42 heavy (non-hydrogen) atoms. The molecule has 0 aromatic heterocycles. The molecule has 11 heteroatoms. The largest absolute Gasteiger partial charge is 0.484 e. The minimum Gasteiger partial charge on any atom is -0.484 e. The Morgan fingerprint density at radius 2 is 1.57 bits per heavy atom. The van der Waals surface area contributed by atoms with Gasteiger partial charge in [0.15, 0.2) is 6.61 Å². The van der Waals surface area contributed by atoms with Crippen molar-refractivity contribution in [1.82, 2.24) is 5.43 Å². The smallest absolute Gasteiger partial charge is 0.264 e. The lowest BCUT2D eigenvalue weighted by molar-refractivity contribution is -0.119. The van der Waals surface area contributed by atoms with Gasteiger partial charge in [-0.1, -0.05) is 48.0 Å². The van der Waals surface area contributed by atoms with Crippen LogP contribution >= 0.6 is 11.6 Å². The molecule has 216 valence electrons. The topological polar surface area (TPSA) is 117 Å². The van der Waals surface area contributed by atoms with Crippen molar-refractivity contribution in [3.05, 3.63) is 119 Å². The number of amides is 2. The summed E-state index contributed by atoms with van der Waals surface area (Å²) in [7, 11) is -4.02. The Labute approximate surface area is 249 Å². The van der Waals surface area contributed by atoms with Crippen LogP contribution in [0.25, 0.3) is 0 Å². The third kappa shape index (κ3) is 7.96. The van der Waals surface area contributed by atoms with E-state index in [9.17, 15) is 18.0 Å². The molecule has 0 heterocycles. The van der Waals surface area contributed by atoms with Crippen molar-refractivity contribution in [2.75, 3.05) is 22.8 Å². The van der Waals surface area contributed by atoms with Gasteiger partial charge in [-0.25, -0.2) is 13.8 Å². The summed E-state index contributed by atoms with van der Waals surface area (Å²) in [5, 5.41) is 7.08. The van der Waals surface area contributed by atoms with E-state index in [-0.39, 0.29) is 17.4 Å². The Morgan fingerprint density at radius 3 is 2.26 bits per heavy atom. The van der Waals surface area contributed by atoms with Crippen molar-refractivity contribution in [3.63, 3.8) is 0 Å². The van der Waals surface area contributed by atoms with E-state index in [1.165, 1.54) is 18.3 Å². The van der Waals surface area contributed by atoms with E-state index in [4.69, 9.17) is 16.3 Å². The number of rotatable bonds is 11. The van der Waals surface area contributed by atoms with E-state index in [1.807, 2.05) is 19.9 Å². The molecule has 2 amide bonds. The minimum atomic E-state index is -4.02. The highest BCUT2D eigenvalue weighted by Gasteiger charge is 2.27. The first-order valence-corrected chi connectivity index (χ1v) is 14.7. The number of carbonyl (C=O) groups is 2. The number of hydrogen-bond acceptors (Lipinski definition) is 6. The maximum atomic E-state index is 13.5. The molecule has 0 saturated carbocycles. The Morgan fingerprint density at radius 1 is 0.881 bits per heavy atom. The first kappa shape index (κ1) is 30.3. The molecular weight excluding hydrogens is 576 g/mol. The molecule has 4 aromatic rings. The van der Waals surface area contributed by atoms with Crippen LogP contribution in [0.4, 0.5) is 11.4 Å². The molecule has 0 aliphatic rings. The van der Waals surface area contributed by atoms with E-state index in [0.29, 0.717) is 27.7 Å². The van der Waals surface area contributed by atoms with Gasteiger partial charge < -0.3 is 10.1 Å². The predicted molar refractivity (Wildman–Crippen MR) is 165 cm³/mol. The van der Waals surface area contributed by atoms with E-state index in [2.05, 4.69) is 15.8 Å². The van der Waals surface area contributed by atoms with Crippen LogP contribution in [-0.4, -0.2) is 39.6 Å². The zero-order chi connectivity index (χ0) is 30.1. The minimum absolute atomic E-state index is 0.0724. The van der Waals surface area contributed by atoms with Crippen molar-refractivity contribution in [2.24, 2.45) is 5.10 Å². The number of carbonyl (C=O) groups excluding carboxylic acids is 2. The first-order chi connectivity index (χ1) is 20.1. The summed E-state index contributed by atoms with van der Waals surface area (Å²) in [4.78, 5) is 25.0. The summed E-state index contributed by atoms with van der Waals surface area (Å²) < 4.78 is 33.5. The molecule has 0 aliphatic heterocycles. The number of anilines is 2. The molecule has 0 fully saturated rings. The molecule has 0 radical (unpaired) electrons. The zero-order valence-corrected chi connectivity index (χ0v) is 24.5. The van der Waals surface area contributed by atoms with Gasteiger partial charge in [-0.15, -0.1) is 0 Å². The van der Waals surface area contributed by atoms with Crippen LogP contribution in [-0.2, 0) is 19.6 Å². The molecule has 0 unspecified atom stereocenters. The van der Waals surface area contributed by atoms with Crippen LogP contribution < -0.4 is 19.8 Å². The van der Waals surface area contributed by atoms with E-state index < -0.39 is 22.5 Å². The number of hydrogen-bond donors (Lipinski definition) is 2. The van der Waals surface area contributed by atoms with Crippen LogP contribution in [0.3, 0.4) is 0 Å². The fourth-order valence-corrected chi connectivity index (χ4v) is 5.42. The highest BCUT2D eigenvalue weighted by molar-refractivity contribution is 7.92. The van der Waals surface area contributed by atoms with E-state index >= 15 is 0 Å². The second-order valence-corrected chi connectivity index (χ2v) is 11.5. The second-order valence-electron chi connectivity index (χ2n) is 9.27. The van der Waals surface area contributed by atoms with Crippen LogP contribution in [0.5, 0.6) is 5.75 Å². The number of hydrazone groups is 1. The summed E-state index contributed by atoms with van der Waals surface area (Å²) in [6.45, 7) is 3.12. The first-order valence-electron chi connectivity index (χ1n) is 12.9.